The van der Waals surface area contributed by atoms with Crippen molar-refractivity contribution < 1.29 is 14.3 Å². The Morgan fingerprint density at radius 3 is 2.80 bits per heavy atom. The van der Waals surface area contributed by atoms with Gasteiger partial charge >= 0.3 is 6.03 Å². The zero-order chi connectivity index (χ0) is 24.8. The molecule has 0 aliphatic carbocycles. The largest absolute Gasteiger partial charge is 0.390 e. The first-order valence-electron chi connectivity index (χ1n) is 11.9. The number of hydrogen-bond donors (Lipinski definition) is 3. The van der Waals surface area contributed by atoms with Gasteiger partial charge < -0.3 is 20.6 Å². The molecule has 0 saturated carbocycles. The van der Waals surface area contributed by atoms with E-state index < -0.39 is 18.2 Å². The maximum Gasteiger partial charge on any atom is 0.319 e. The van der Waals surface area contributed by atoms with Gasteiger partial charge in [-0.2, -0.15) is 0 Å². The third kappa shape index (κ3) is 6.83. The van der Waals surface area contributed by atoms with Gasteiger partial charge in [0.2, 0.25) is 0 Å². The number of aryl methyl sites for hydroxylation is 1. The molecule has 3 N–H and O–H groups in total. The highest BCUT2D eigenvalue weighted by Crippen LogP contribution is 2.22. The van der Waals surface area contributed by atoms with Crippen LogP contribution in [0.5, 0.6) is 0 Å². The Bertz CT molecular complexity index is 1120. The molecule has 1 fully saturated rings. The highest BCUT2D eigenvalue weighted by Gasteiger charge is 2.25. The molecular weight excluding hydrogens is 449 g/mol. The molecule has 10 heteroatoms. The van der Waals surface area contributed by atoms with E-state index in [0.717, 1.165) is 43.5 Å². The number of urea groups is 1. The van der Waals surface area contributed by atoms with Gasteiger partial charge in [0.15, 0.2) is 5.82 Å². The molecular formula is C25H32FN7O2. The number of piperidine rings is 1. The zero-order valence-corrected chi connectivity index (χ0v) is 20.1. The summed E-state index contributed by atoms with van der Waals surface area (Å²) in [6.45, 7) is 4.07. The van der Waals surface area contributed by atoms with Crippen molar-refractivity contribution in [2.75, 3.05) is 25.0 Å². The van der Waals surface area contributed by atoms with Crippen LogP contribution in [0.1, 0.15) is 25.3 Å². The number of rotatable bonds is 8. The Kier molecular flexibility index (Phi) is 8.04. The van der Waals surface area contributed by atoms with Crippen molar-refractivity contribution in [2.24, 2.45) is 13.0 Å². The van der Waals surface area contributed by atoms with Crippen LogP contribution in [-0.2, 0) is 13.5 Å². The maximum absolute atomic E-state index is 13.2. The molecule has 35 heavy (non-hydrogen) atoms. The summed E-state index contributed by atoms with van der Waals surface area (Å²) < 4.78 is 14.7. The van der Waals surface area contributed by atoms with Gasteiger partial charge in [-0.05, 0) is 78.9 Å². The van der Waals surface area contributed by atoms with E-state index in [1.807, 2.05) is 24.3 Å². The van der Waals surface area contributed by atoms with Crippen LogP contribution in [-0.4, -0.2) is 68.0 Å². The van der Waals surface area contributed by atoms with E-state index in [-0.39, 0.29) is 5.82 Å². The van der Waals surface area contributed by atoms with Crippen LogP contribution in [0.2, 0.25) is 0 Å². The second-order valence-electron chi connectivity index (χ2n) is 9.26. The Morgan fingerprint density at radius 2 is 2.06 bits per heavy atom. The second-order valence-corrected chi connectivity index (χ2v) is 9.26. The lowest BCUT2D eigenvalue weighted by atomic mass is 9.91. The Hall–Kier alpha value is -3.37. The number of benzene rings is 2. The van der Waals surface area contributed by atoms with Gasteiger partial charge in [0.1, 0.15) is 5.82 Å². The number of halogens is 1. The molecule has 0 radical (unpaired) electrons. The molecule has 0 spiro atoms. The molecule has 1 aliphatic heterocycles. The van der Waals surface area contributed by atoms with Gasteiger partial charge in [-0.1, -0.05) is 24.3 Å². The first kappa shape index (κ1) is 24.7. The summed E-state index contributed by atoms with van der Waals surface area (Å²) in [6, 6.07) is 13.1. The number of likely N-dealkylation sites (tertiary alicyclic amines) is 1. The van der Waals surface area contributed by atoms with E-state index >= 15 is 0 Å². The third-order valence-corrected chi connectivity index (χ3v) is 6.42. The third-order valence-electron chi connectivity index (χ3n) is 6.42. The van der Waals surface area contributed by atoms with Crippen LogP contribution >= 0.6 is 0 Å². The van der Waals surface area contributed by atoms with E-state index in [1.54, 1.807) is 30.8 Å². The maximum atomic E-state index is 13.2. The number of carbonyl (C=O) groups is 1. The van der Waals surface area contributed by atoms with Crippen LogP contribution in [0, 0.1) is 11.7 Å². The smallest absolute Gasteiger partial charge is 0.319 e. The summed E-state index contributed by atoms with van der Waals surface area (Å²) in [5, 5.41) is 27.8. The number of amides is 2. The summed E-state index contributed by atoms with van der Waals surface area (Å²) in [6.07, 6.45) is 2.36. The first-order chi connectivity index (χ1) is 16.9. The highest BCUT2D eigenvalue weighted by molar-refractivity contribution is 5.90. The molecule has 2 aromatic carbocycles. The number of aliphatic hydroxyl groups is 1. The lowest BCUT2D eigenvalue weighted by Crippen LogP contribution is -2.49. The quantitative estimate of drug-likeness (QED) is 0.457. The normalized spacial score (nSPS) is 18.1. The number of aromatic nitrogens is 4. The van der Waals surface area contributed by atoms with Crippen molar-refractivity contribution in [3.63, 3.8) is 0 Å². The minimum atomic E-state index is -0.707. The summed E-state index contributed by atoms with van der Waals surface area (Å²) in [4.78, 5) is 14.8. The van der Waals surface area contributed by atoms with Crippen LogP contribution in [0.4, 0.5) is 14.9 Å². The molecule has 2 amide bonds. The standard InChI is InChI=1S/C25H32FN7O2/c1-17(27-25(35)28-22-7-3-6-20(14-22)24-29-30-31-32(24)2)23(34)16-33-12-4-5-19(15-33)13-18-8-10-21(26)11-9-18/h3,6-11,14,17,19,23,34H,4-5,12-13,15-16H2,1-2H3,(H2,27,28,35)/t17-,19+,23+/m1/s1. The average Bonchev–Trinajstić information content (AvgIpc) is 3.27. The van der Waals surface area contributed by atoms with E-state index in [4.69, 9.17) is 0 Å². The molecule has 4 rings (SSSR count). The van der Waals surface area contributed by atoms with Gasteiger partial charge in [0.05, 0.1) is 12.1 Å². The van der Waals surface area contributed by atoms with Crippen LogP contribution in [0.25, 0.3) is 11.4 Å². The first-order valence-corrected chi connectivity index (χ1v) is 11.9. The van der Waals surface area contributed by atoms with Crippen molar-refractivity contribution in [2.45, 2.75) is 38.3 Å². The topological polar surface area (TPSA) is 108 Å². The van der Waals surface area contributed by atoms with Crippen molar-refractivity contribution in [3.05, 3.63) is 59.9 Å². The average molecular weight is 482 g/mol. The summed E-state index contributed by atoms with van der Waals surface area (Å²) in [7, 11) is 1.75. The van der Waals surface area contributed by atoms with Gasteiger partial charge in [-0.15, -0.1) is 5.10 Å². The zero-order valence-electron chi connectivity index (χ0n) is 20.1. The molecule has 186 valence electrons. The fourth-order valence-electron chi connectivity index (χ4n) is 4.54. The van der Waals surface area contributed by atoms with Crippen LogP contribution < -0.4 is 10.6 Å². The fourth-order valence-corrected chi connectivity index (χ4v) is 4.54. The number of nitrogens with zero attached hydrogens (tertiary/aromatic N) is 5. The molecule has 2 heterocycles. The fraction of sp³-hybridized carbons (Fsp3) is 0.440. The highest BCUT2D eigenvalue weighted by atomic mass is 19.1. The minimum Gasteiger partial charge on any atom is -0.390 e. The number of aliphatic hydroxyl groups excluding tert-OH is 1. The molecule has 3 atom stereocenters. The van der Waals surface area contributed by atoms with Gasteiger partial charge in [-0.25, -0.2) is 13.9 Å². The summed E-state index contributed by atoms with van der Waals surface area (Å²) in [5.74, 6) is 0.838. The number of hydrogen-bond acceptors (Lipinski definition) is 6. The van der Waals surface area contributed by atoms with Gasteiger partial charge in [-0.3, -0.25) is 0 Å². The molecule has 0 unspecified atom stereocenters. The summed E-state index contributed by atoms with van der Waals surface area (Å²) in [5.41, 5.74) is 2.51. The predicted molar refractivity (Wildman–Crippen MR) is 131 cm³/mol. The lowest BCUT2D eigenvalue weighted by Gasteiger charge is -2.35. The minimum absolute atomic E-state index is 0.219. The molecule has 1 aliphatic rings. The molecule has 3 aromatic rings. The molecule has 0 bridgehead atoms. The number of nitrogens with one attached hydrogen (secondary N) is 2. The lowest BCUT2D eigenvalue weighted by molar-refractivity contribution is 0.0662. The number of anilines is 1. The SMILES string of the molecule is C[C@@H](NC(=O)Nc1cccc(-c2nnnn2C)c1)[C@@H](O)CN1CCC[C@@H](Cc2ccc(F)cc2)C1. The van der Waals surface area contributed by atoms with E-state index in [9.17, 15) is 14.3 Å². The van der Waals surface area contributed by atoms with Crippen LogP contribution in [0.15, 0.2) is 48.5 Å². The second kappa shape index (κ2) is 11.4. The predicted octanol–water partition coefficient (Wildman–Crippen LogP) is 2.84. The number of tetrazole rings is 1. The molecule has 1 aromatic heterocycles. The van der Waals surface area contributed by atoms with E-state index in [2.05, 4.69) is 31.1 Å². The Morgan fingerprint density at radius 1 is 1.26 bits per heavy atom. The van der Waals surface area contributed by atoms with Gasteiger partial charge in [0.25, 0.3) is 0 Å². The summed E-state index contributed by atoms with van der Waals surface area (Å²) >= 11 is 0. The van der Waals surface area contributed by atoms with Crippen molar-refractivity contribution in [1.82, 2.24) is 30.4 Å². The molecule has 1 saturated heterocycles. The number of carbonyl (C=O) groups excluding carboxylic acids is 1. The van der Waals surface area contributed by atoms with Crippen LogP contribution in [0.3, 0.4) is 0 Å². The number of β-amino-alcohol motifs (C(OH)–C–C–N with tert-alkyl or cyclic N) is 1. The molecule has 9 nitrogen and oxygen atoms in total. The van der Waals surface area contributed by atoms with Crippen molar-refractivity contribution in [1.29, 1.82) is 0 Å². The van der Waals surface area contributed by atoms with Crippen molar-refractivity contribution in [3.8, 4) is 11.4 Å². The monoisotopic (exact) mass is 481 g/mol. The van der Waals surface area contributed by atoms with E-state index in [0.29, 0.717) is 24.0 Å². The van der Waals surface area contributed by atoms with Gasteiger partial charge in [0, 0.05) is 31.4 Å². The Labute approximate surface area is 204 Å². The Balaban J connectivity index is 1.25. The van der Waals surface area contributed by atoms with Crippen molar-refractivity contribution >= 4 is 11.7 Å². The van der Waals surface area contributed by atoms with E-state index in [1.165, 1.54) is 12.1 Å².